The predicted molar refractivity (Wildman–Crippen MR) is 86.8 cm³/mol. The molecule has 4 unspecified atom stereocenters. The molecule has 0 amide bonds. The van der Waals surface area contributed by atoms with Gasteiger partial charge in [0.1, 0.15) is 11.9 Å². The van der Waals surface area contributed by atoms with E-state index in [0.717, 1.165) is 25.3 Å². The summed E-state index contributed by atoms with van der Waals surface area (Å²) in [5, 5.41) is 8.90. The van der Waals surface area contributed by atoms with Crippen molar-refractivity contribution in [3.63, 3.8) is 0 Å². The van der Waals surface area contributed by atoms with Gasteiger partial charge in [-0.2, -0.15) is 5.26 Å². The fourth-order valence-corrected chi connectivity index (χ4v) is 3.75. The third-order valence-electron chi connectivity index (χ3n) is 4.90. The van der Waals surface area contributed by atoms with E-state index < -0.39 is 24.5 Å². The number of rotatable bonds is 2. The van der Waals surface area contributed by atoms with Gasteiger partial charge in [-0.25, -0.2) is 4.39 Å². The van der Waals surface area contributed by atoms with Crippen molar-refractivity contribution in [2.24, 2.45) is 17.8 Å². The van der Waals surface area contributed by atoms with Crippen LogP contribution < -0.4 is 0 Å². The normalized spacial score (nSPS) is 39.0. The van der Waals surface area contributed by atoms with E-state index in [1.165, 1.54) is 12.1 Å². The second kappa shape index (κ2) is 6.65. The Kier molecular flexibility index (Phi) is 3.32. The van der Waals surface area contributed by atoms with Crippen molar-refractivity contribution < 1.29 is 9.87 Å². The molecular weight excluding hydrogens is 273 g/mol. The van der Waals surface area contributed by atoms with E-state index >= 15 is 0 Å². The van der Waals surface area contributed by atoms with Gasteiger partial charge in [-0.3, -0.25) is 0 Å². The Bertz CT molecular complexity index is 753. The lowest BCUT2D eigenvalue weighted by molar-refractivity contribution is 0.133. The molecule has 116 valence electrons. The molecule has 3 rings (SSSR count). The van der Waals surface area contributed by atoms with Crippen LogP contribution in [0, 0.1) is 34.9 Å². The van der Waals surface area contributed by atoms with Crippen LogP contribution in [0.25, 0.3) is 0 Å². The lowest BCUT2D eigenvalue weighted by atomic mass is 9.64. The average Bonchev–Trinajstić information content (AvgIpc) is 2.53. The molecule has 0 bridgehead atoms. The summed E-state index contributed by atoms with van der Waals surface area (Å²) in [6, 6.07) is 5.74. The first-order valence-corrected chi connectivity index (χ1v) is 8.03. The van der Waals surface area contributed by atoms with Crippen LogP contribution in [-0.4, -0.2) is 0 Å². The zero-order valence-electron chi connectivity index (χ0n) is 16.8. The van der Waals surface area contributed by atoms with Crippen molar-refractivity contribution in [1.82, 2.24) is 0 Å². The zero-order valence-corrected chi connectivity index (χ0v) is 12.8. The van der Waals surface area contributed by atoms with Crippen LogP contribution in [-0.2, 0) is 0 Å². The first-order chi connectivity index (χ1) is 12.2. The highest BCUT2D eigenvalue weighted by Crippen LogP contribution is 2.47. The van der Waals surface area contributed by atoms with Gasteiger partial charge in [0.25, 0.3) is 0 Å². The molecule has 4 atom stereocenters. The van der Waals surface area contributed by atoms with Gasteiger partial charge >= 0.3 is 0 Å². The fraction of sp³-hybridized carbons (Fsp3) is 0.550. The summed E-state index contributed by atoms with van der Waals surface area (Å²) in [5.41, 5.74) is 0.209. The zero-order chi connectivity index (χ0) is 19.1. The van der Waals surface area contributed by atoms with E-state index in [1.54, 1.807) is 6.07 Å². The summed E-state index contributed by atoms with van der Waals surface area (Å²) in [6.07, 6.45) is 3.36. The number of hydrogen-bond acceptors (Lipinski definition) is 1. The van der Waals surface area contributed by atoms with Crippen LogP contribution in [0.4, 0.5) is 4.39 Å². The standard InChI is InChI=1S/C20H24FN/c1-2-3-14-4-5-16-11-17(7-6-15(16)10-14)18-8-9-19(13-22)20(21)12-18/h2-3,8-9,12,14-17H,4-7,10-11H2,1H3/i7D2,11D2. The second-order valence-corrected chi connectivity index (χ2v) is 6.32. The summed E-state index contributed by atoms with van der Waals surface area (Å²) in [6.45, 7) is 1.97. The minimum absolute atomic E-state index is 0.00516. The first-order valence-electron chi connectivity index (χ1n) is 10.0. The molecule has 1 nitrogen and oxygen atoms in total. The smallest absolute Gasteiger partial charge is 0.141 e. The van der Waals surface area contributed by atoms with Crippen molar-refractivity contribution in [3.8, 4) is 6.07 Å². The maximum absolute atomic E-state index is 14.1. The van der Waals surface area contributed by atoms with Gasteiger partial charge in [0.05, 0.1) is 5.56 Å². The molecule has 0 N–H and O–H groups in total. The van der Waals surface area contributed by atoms with E-state index in [0.29, 0.717) is 11.5 Å². The van der Waals surface area contributed by atoms with E-state index in [9.17, 15) is 4.39 Å². The largest absolute Gasteiger partial charge is 0.206 e. The molecule has 0 aromatic heterocycles. The van der Waals surface area contributed by atoms with Crippen LogP contribution in [0.3, 0.4) is 0 Å². The van der Waals surface area contributed by atoms with Gasteiger partial charge in [0, 0.05) is 5.48 Å². The van der Waals surface area contributed by atoms with Crippen molar-refractivity contribution in [2.75, 3.05) is 0 Å². The van der Waals surface area contributed by atoms with Crippen molar-refractivity contribution in [2.45, 2.75) is 51.3 Å². The van der Waals surface area contributed by atoms with Gasteiger partial charge in [-0.15, -0.1) is 0 Å². The summed E-state index contributed by atoms with van der Waals surface area (Å²) in [5.74, 6) is -1.59. The Morgan fingerprint density at radius 1 is 1.32 bits per heavy atom. The van der Waals surface area contributed by atoms with E-state index in [4.69, 9.17) is 10.7 Å². The van der Waals surface area contributed by atoms with Gasteiger partial charge in [0.2, 0.25) is 0 Å². The quantitative estimate of drug-likeness (QED) is 0.655. The highest BCUT2D eigenvalue weighted by atomic mass is 19.1. The lowest BCUT2D eigenvalue weighted by Crippen LogP contribution is -2.30. The molecule has 1 aromatic rings. The summed E-state index contributed by atoms with van der Waals surface area (Å²) in [4.78, 5) is 0. The van der Waals surface area contributed by atoms with Crippen LogP contribution >= 0.6 is 0 Å². The molecule has 22 heavy (non-hydrogen) atoms. The molecule has 2 fully saturated rings. The Morgan fingerprint density at radius 3 is 2.91 bits per heavy atom. The number of hydrogen-bond donors (Lipinski definition) is 0. The minimum Gasteiger partial charge on any atom is -0.206 e. The number of halogens is 1. The monoisotopic (exact) mass is 301 g/mol. The summed E-state index contributed by atoms with van der Waals surface area (Å²) >= 11 is 0. The third kappa shape index (κ3) is 3.09. The molecule has 1 aromatic carbocycles. The van der Waals surface area contributed by atoms with Gasteiger partial charge in [0.15, 0.2) is 0 Å². The van der Waals surface area contributed by atoms with E-state index in [-0.39, 0.29) is 23.8 Å². The Hall–Kier alpha value is -1.62. The number of nitrogens with zero attached hydrogens (tertiary/aromatic N) is 1. The minimum atomic E-state index is -1.76. The maximum atomic E-state index is 14.1. The second-order valence-electron chi connectivity index (χ2n) is 6.32. The Labute approximate surface area is 138 Å². The van der Waals surface area contributed by atoms with Crippen LogP contribution in [0.1, 0.15) is 67.9 Å². The van der Waals surface area contributed by atoms with Crippen molar-refractivity contribution >= 4 is 0 Å². The molecule has 0 aliphatic heterocycles. The molecular formula is C20H24FN. The maximum Gasteiger partial charge on any atom is 0.141 e. The molecule has 0 saturated heterocycles. The molecule has 0 spiro atoms. The third-order valence-corrected chi connectivity index (χ3v) is 4.90. The summed E-state index contributed by atoms with van der Waals surface area (Å²) in [7, 11) is 0. The molecule has 2 aliphatic carbocycles. The highest BCUT2D eigenvalue weighted by molar-refractivity contribution is 5.35. The number of benzene rings is 1. The predicted octanol–water partition coefficient (Wildman–Crippen LogP) is 5.57. The van der Waals surface area contributed by atoms with Crippen LogP contribution in [0.2, 0.25) is 0 Å². The van der Waals surface area contributed by atoms with Gasteiger partial charge in [-0.1, -0.05) is 18.2 Å². The first kappa shape index (κ1) is 11.0. The van der Waals surface area contributed by atoms with Crippen LogP contribution in [0.5, 0.6) is 0 Å². The lowest BCUT2D eigenvalue weighted by Gasteiger charge is -2.41. The van der Waals surface area contributed by atoms with Gasteiger partial charge < -0.3 is 0 Å². The number of nitriles is 1. The number of allylic oxidation sites excluding steroid dienone is 2. The Morgan fingerprint density at radius 2 is 2.18 bits per heavy atom. The highest BCUT2D eigenvalue weighted by Gasteiger charge is 2.35. The molecule has 0 heterocycles. The molecule has 0 radical (unpaired) electrons. The average molecular weight is 301 g/mol. The molecule has 2 aliphatic rings. The SMILES string of the molecule is [2H]C1([2H])CC2CC(C=CC)CCC2C([2H])([2H])C1c1ccc(C#N)c(F)c1. The Balaban J connectivity index is 1.97. The van der Waals surface area contributed by atoms with E-state index in [1.807, 2.05) is 13.0 Å². The van der Waals surface area contributed by atoms with Crippen molar-refractivity contribution in [3.05, 3.63) is 47.3 Å². The van der Waals surface area contributed by atoms with E-state index in [2.05, 4.69) is 6.08 Å². The summed E-state index contributed by atoms with van der Waals surface area (Å²) < 4.78 is 48.7. The topological polar surface area (TPSA) is 23.8 Å². The van der Waals surface area contributed by atoms with Crippen molar-refractivity contribution in [1.29, 1.82) is 5.26 Å². The van der Waals surface area contributed by atoms with Crippen LogP contribution in [0.15, 0.2) is 30.4 Å². The fourth-order valence-electron chi connectivity index (χ4n) is 3.75. The molecule has 2 heteroatoms. The number of fused-ring (bicyclic) bond motifs is 1. The van der Waals surface area contributed by atoms with Gasteiger partial charge in [-0.05, 0) is 86.7 Å². The molecule has 2 saturated carbocycles.